The molecule has 0 unspecified atom stereocenters. The predicted molar refractivity (Wildman–Crippen MR) is 125 cm³/mol. The number of carbonyl (C=O) groups is 1. The van der Waals surface area contributed by atoms with E-state index in [1.165, 1.54) is 16.6 Å². The number of hydrogen-bond acceptors (Lipinski definition) is 6. The van der Waals surface area contributed by atoms with E-state index >= 15 is 0 Å². The maximum atomic E-state index is 12.8. The summed E-state index contributed by atoms with van der Waals surface area (Å²) in [5.74, 6) is 1.67. The monoisotopic (exact) mass is 493 g/mol. The fraction of sp³-hybridized carbons (Fsp3) is 0.167. The summed E-state index contributed by atoms with van der Waals surface area (Å²) >= 11 is 0. The van der Waals surface area contributed by atoms with Gasteiger partial charge >= 0.3 is 6.18 Å². The van der Waals surface area contributed by atoms with E-state index in [0.29, 0.717) is 45.8 Å². The molecule has 3 N–H and O–H groups in total. The van der Waals surface area contributed by atoms with Gasteiger partial charge in [-0.05, 0) is 55.3 Å². The van der Waals surface area contributed by atoms with Crippen molar-refractivity contribution in [2.24, 2.45) is 5.92 Å². The molecule has 3 heterocycles. The minimum Gasteiger partial charge on any atom is -0.438 e. The van der Waals surface area contributed by atoms with E-state index in [9.17, 15) is 18.0 Å². The maximum Gasteiger partial charge on any atom is 0.416 e. The lowest BCUT2D eigenvalue weighted by atomic mass is 10.2. The number of rotatable bonds is 6. The van der Waals surface area contributed by atoms with E-state index in [0.717, 1.165) is 25.0 Å². The number of alkyl halides is 3. The molecule has 12 heteroatoms. The van der Waals surface area contributed by atoms with Gasteiger partial charge in [-0.3, -0.25) is 4.79 Å². The third-order valence-electron chi connectivity index (χ3n) is 5.65. The second-order valence-corrected chi connectivity index (χ2v) is 8.43. The van der Waals surface area contributed by atoms with Crippen LogP contribution in [0.2, 0.25) is 0 Å². The lowest BCUT2D eigenvalue weighted by Crippen LogP contribution is -2.13. The molecule has 3 aromatic heterocycles. The van der Waals surface area contributed by atoms with Crippen LogP contribution in [0.25, 0.3) is 16.7 Å². The van der Waals surface area contributed by atoms with Crippen LogP contribution in [0.5, 0.6) is 11.6 Å². The zero-order valence-corrected chi connectivity index (χ0v) is 18.5. The number of anilines is 3. The minimum atomic E-state index is -4.39. The molecule has 0 aliphatic heterocycles. The molecule has 0 atom stereocenters. The van der Waals surface area contributed by atoms with Crippen molar-refractivity contribution in [3.8, 4) is 11.6 Å². The highest BCUT2D eigenvalue weighted by atomic mass is 19.4. The number of aromatic amines is 1. The first-order valence-electron chi connectivity index (χ1n) is 11.1. The van der Waals surface area contributed by atoms with Crippen molar-refractivity contribution in [1.29, 1.82) is 0 Å². The van der Waals surface area contributed by atoms with Crippen LogP contribution in [0.3, 0.4) is 0 Å². The largest absolute Gasteiger partial charge is 0.438 e. The van der Waals surface area contributed by atoms with Crippen LogP contribution in [0.4, 0.5) is 30.6 Å². The minimum absolute atomic E-state index is 0.0325. The summed E-state index contributed by atoms with van der Waals surface area (Å²) < 4.78 is 45.7. The quantitative estimate of drug-likeness (QED) is 0.288. The zero-order chi connectivity index (χ0) is 24.9. The topological polar surface area (TPSA) is 109 Å². The van der Waals surface area contributed by atoms with Crippen LogP contribution in [0.15, 0.2) is 60.8 Å². The summed E-state index contributed by atoms with van der Waals surface area (Å²) in [4.78, 5) is 23.8. The summed E-state index contributed by atoms with van der Waals surface area (Å²) in [5, 5.41) is 10.1. The molecule has 36 heavy (non-hydrogen) atoms. The number of carbonyl (C=O) groups excluding carboxylic acids is 1. The van der Waals surface area contributed by atoms with E-state index < -0.39 is 11.7 Å². The number of ether oxygens (including phenoxy) is 1. The number of aromatic nitrogens is 5. The Hall–Kier alpha value is -4.61. The normalized spacial score (nSPS) is 13.8. The Morgan fingerprint density at radius 1 is 1.06 bits per heavy atom. The number of benzene rings is 2. The highest BCUT2D eigenvalue weighted by molar-refractivity contribution is 5.93. The number of nitrogens with zero attached hydrogens (tertiary/aromatic N) is 4. The molecule has 2 aromatic carbocycles. The van der Waals surface area contributed by atoms with Gasteiger partial charge in [0.15, 0.2) is 11.5 Å². The van der Waals surface area contributed by atoms with Crippen molar-refractivity contribution in [1.82, 2.24) is 24.6 Å². The summed E-state index contributed by atoms with van der Waals surface area (Å²) in [6, 6.07) is 13.3. The number of fused-ring (bicyclic) bond motifs is 2. The highest BCUT2D eigenvalue weighted by Crippen LogP contribution is 2.31. The van der Waals surface area contributed by atoms with Gasteiger partial charge in [-0.25, -0.2) is 14.5 Å². The summed E-state index contributed by atoms with van der Waals surface area (Å²) in [5.41, 5.74) is 1.61. The molecular formula is C24H18F3N7O2. The lowest BCUT2D eigenvalue weighted by Gasteiger charge is -2.07. The molecule has 0 bridgehead atoms. The molecule has 0 saturated heterocycles. The Kier molecular flexibility index (Phi) is 5.02. The molecule has 6 rings (SSSR count). The van der Waals surface area contributed by atoms with E-state index in [4.69, 9.17) is 4.74 Å². The van der Waals surface area contributed by atoms with Crippen molar-refractivity contribution in [2.45, 2.75) is 19.0 Å². The van der Waals surface area contributed by atoms with Crippen LogP contribution in [0.1, 0.15) is 18.4 Å². The Bertz CT molecular complexity index is 1590. The van der Waals surface area contributed by atoms with Gasteiger partial charge < -0.3 is 20.4 Å². The van der Waals surface area contributed by atoms with Crippen molar-refractivity contribution in [3.05, 3.63) is 66.4 Å². The lowest BCUT2D eigenvalue weighted by molar-refractivity contribution is -0.137. The van der Waals surface area contributed by atoms with Crippen LogP contribution < -0.4 is 15.4 Å². The van der Waals surface area contributed by atoms with Crippen LogP contribution in [0, 0.1) is 5.92 Å². The Morgan fingerprint density at radius 2 is 1.86 bits per heavy atom. The smallest absolute Gasteiger partial charge is 0.416 e. The average molecular weight is 493 g/mol. The number of amides is 1. The molecule has 1 aliphatic rings. The average Bonchev–Trinajstić information content (AvgIpc) is 3.50. The Balaban J connectivity index is 1.17. The molecule has 5 aromatic rings. The van der Waals surface area contributed by atoms with E-state index in [2.05, 4.69) is 30.7 Å². The maximum absolute atomic E-state index is 12.8. The molecule has 1 saturated carbocycles. The van der Waals surface area contributed by atoms with Crippen LogP contribution in [-0.2, 0) is 11.0 Å². The molecule has 9 nitrogen and oxygen atoms in total. The van der Waals surface area contributed by atoms with E-state index in [1.807, 2.05) is 0 Å². The zero-order valence-electron chi connectivity index (χ0n) is 18.5. The molecule has 1 amide bonds. The number of nitrogens with one attached hydrogen (secondary N) is 3. The van der Waals surface area contributed by atoms with Gasteiger partial charge in [0, 0.05) is 23.7 Å². The second kappa shape index (κ2) is 8.26. The van der Waals surface area contributed by atoms with Crippen molar-refractivity contribution in [3.63, 3.8) is 0 Å². The SMILES string of the molecule is O=C(Nc1cn2nc(Oc3ccc4nc(Nc5ccc(C(F)(F)F)cc5)[nH]c4c3)ccc2n1)C1CC1. The molecule has 1 fully saturated rings. The molecule has 1 aliphatic carbocycles. The molecule has 0 spiro atoms. The van der Waals surface area contributed by atoms with E-state index in [1.54, 1.807) is 36.5 Å². The fourth-order valence-corrected chi connectivity index (χ4v) is 3.66. The van der Waals surface area contributed by atoms with Gasteiger partial charge in [-0.2, -0.15) is 13.2 Å². The van der Waals surface area contributed by atoms with Crippen LogP contribution >= 0.6 is 0 Å². The third kappa shape index (κ3) is 4.52. The van der Waals surface area contributed by atoms with Gasteiger partial charge in [0.2, 0.25) is 17.7 Å². The summed E-state index contributed by atoms with van der Waals surface area (Å²) in [6.45, 7) is 0. The highest BCUT2D eigenvalue weighted by Gasteiger charge is 2.30. The Morgan fingerprint density at radius 3 is 2.61 bits per heavy atom. The summed E-state index contributed by atoms with van der Waals surface area (Å²) in [6.07, 6.45) is -0.953. The number of imidazole rings is 2. The number of halogens is 3. The third-order valence-corrected chi connectivity index (χ3v) is 5.65. The van der Waals surface area contributed by atoms with Crippen molar-refractivity contribution >= 4 is 40.0 Å². The molecular weight excluding hydrogens is 475 g/mol. The second-order valence-electron chi connectivity index (χ2n) is 8.43. The summed E-state index contributed by atoms with van der Waals surface area (Å²) in [7, 11) is 0. The fourth-order valence-electron chi connectivity index (χ4n) is 3.66. The molecule has 182 valence electrons. The van der Waals surface area contributed by atoms with Crippen molar-refractivity contribution in [2.75, 3.05) is 10.6 Å². The standard InChI is InChI=1S/C24H18F3N7O2/c25-24(26,27)14-3-5-15(6-4-14)28-23-29-17-8-7-16(11-18(17)30-23)36-21-10-9-20-31-19(12-34(20)33-21)32-22(35)13-1-2-13/h3-13H,1-2H2,(H,32,35)(H2,28,29,30). The van der Waals surface area contributed by atoms with Gasteiger partial charge in [0.05, 0.1) is 22.8 Å². The first-order valence-corrected chi connectivity index (χ1v) is 11.1. The predicted octanol–water partition coefficient (Wildman–Crippen LogP) is 5.51. The van der Waals surface area contributed by atoms with Gasteiger partial charge in [0.25, 0.3) is 0 Å². The van der Waals surface area contributed by atoms with Gasteiger partial charge in [-0.15, -0.1) is 5.10 Å². The Labute approximate surface area is 201 Å². The van der Waals surface area contributed by atoms with Crippen LogP contribution in [-0.4, -0.2) is 30.5 Å². The number of hydrogen-bond donors (Lipinski definition) is 3. The first kappa shape index (κ1) is 21.9. The first-order chi connectivity index (χ1) is 17.3. The van der Waals surface area contributed by atoms with Gasteiger partial charge in [-0.1, -0.05) is 0 Å². The van der Waals surface area contributed by atoms with Crippen molar-refractivity contribution < 1.29 is 22.7 Å². The van der Waals surface area contributed by atoms with E-state index in [-0.39, 0.29) is 11.8 Å². The number of H-pyrrole nitrogens is 1. The van der Waals surface area contributed by atoms with Gasteiger partial charge in [0.1, 0.15) is 5.75 Å². The molecule has 0 radical (unpaired) electrons.